The highest BCUT2D eigenvalue weighted by Gasteiger charge is 2.61. The van der Waals surface area contributed by atoms with E-state index in [1.54, 1.807) is 0 Å². The molecule has 1 heterocycles. The average molecular weight is 330 g/mol. The molecule has 2 heteroatoms. The van der Waals surface area contributed by atoms with E-state index in [0.717, 1.165) is 29.6 Å². The maximum absolute atomic E-state index is 11.9. The van der Waals surface area contributed by atoms with Gasteiger partial charge in [-0.15, -0.1) is 0 Å². The highest BCUT2D eigenvalue weighted by molar-refractivity contribution is 5.89. The molecule has 3 saturated carbocycles. The third-order valence-electron chi connectivity index (χ3n) is 8.89. The van der Waals surface area contributed by atoms with E-state index in [-0.39, 0.29) is 11.3 Å². The second-order valence-electron chi connectivity index (χ2n) is 9.87. The van der Waals surface area contributed by atoms with Gasteiger partial charge < -0.3 is 5.32 Å². The molecule has 0 bridgehead atoms. The molecule has 2 nitrogen and oxygen atoms in total. The van der Waals surface area contributed by atoms with Gasteiger partial charge in [-0.25, -0.2) is 0 Å². The minimum Gasteiger partial charge on any atom is -0.349 e. The summed E-state index contributed by atoms with van der Waals surface area (Å²) in [6.07, 6.45) is 13.7. The Morgan fingerprint density at radius 1 is 1.21 bits per heavy atom. The van der Waals surface area contributed by atoms with Gasteiger partial charge in [0.05, 0.1) is 0 Å². The summed E-state index contributed by atoms with van der Waals surface area (Å²) in [4.78, 5) is 11.9. The van der Waals surface area contributed by atoms with Crippen LogP contribution in [0.25, 0.3) is 0 Å². The van der Waals surface area contributed by atoms with Crippen LogP contribution in [0.2, 0.25) is 0 Å². The number of nitrogens with one attached hydrogen (secondary N) is 1. The fourth-order valence-electron chi connectivity index (χ4n) is 7.62. The SMILES string of the molecule is CCCC1CC[C@H]2[C@@H]3C(C)CC4NC(=O)C=C[C@]4(C)[C@@H]3CC[C@]12C. The van der Waals surface area contributed by atoms with Crippen molar-refractivity contribution in [2.75, 3.05) is 0 Å². The van der Waals surface area contributed by atoms with Crippen LogP contribution in [-0.2, 0) is 4.79 Å². The molecule has 8 atom stereocenters. The molecule has 24 heavy (non-hydrogen) atoms. The van der Waals surface area contributed by atoms with Gasteiger partial charge in [0.2, 0.25) is 5.91 Å². The quantitative estimate of drug-likeness (QED) is 0.763. The molecule has 0 aromatic rings. The Balaban J connectivity index is 1.67. The van der Waals surface area contributed by atoms with Gasteiger partial charge in [-0.05, 0) is 73.2 Å². The molecular formula is C22H35NO. The monoisotopic (exact) mass is 329 g/mol. The van der Waals surface area contributed by atoms with Crippen molar-refractivity contribution in [2.45, 2.75) is 78.7 Å². The van der Waals surface area contributed by atoms with Gasteiger partial charge >= 0.3 is 0 Å². The zero-order valence-corrected chi connectivity index (χ0v) is 16.0. The van der Waals surface area contributed by atoms with Crippen LogP contribution in [0.1, 0.15) is 72.6 Å². The minimum absolute atomic E-state index is 0.118. The van der Waals surface area contributed by atoms with Gasteiger partial charge in [0.25, 0.3) is 0 Å². The Hall–Kier alpha value is -0.790. The lowest BCUT2D eigenvalue weighted by Crippen LogP contribution is -2.61. The van der Waals surface area contributed by atoms with Crippen LogP contribution in [0.15, 0.2) is 12.2 Å². The van der Waals surface area contributed by atoms with Crippen LogP contribution in [-0.4, -0.2) is 11.9 Å². The summed E-state index contributed by atoms with van der Waals surface area (Å²) in [5.74, 6) is 4.32. The molecule has 4 aliphatic rings. The van der Waals surface area contributed by atoms with Crippen molar-refractivity contribution < 1.29 is 4.79 Å². The summed E-state index contributed by atoms with van der Waals surface area (Å²) in [6.45, 7) is 9.88. The van der Waals surface area contributed by atoms with E-state index in [0.29, 0.717) is 11.5 Å². The largest absolute Gasteiger partial charge is 0.349 e. The number of amides is 1. The maximum atomic E-state index is 11.9. The van der Waals surface area contributed by atoms with Gasteiger partial charge in [0, 0.05) is 11.5 Å². The van der Waals surface area contributed by atoms with E-state index >= 15 is 0 Å². The number of carbonyl (C=O) groups is 1. The Kier molecular flexibility index (Phi) is 3.89. The summed E-state index contributed by atoms with van der Waals surface area (Å²) in [5.41, 5.74) is 0.755. The molecule has 0 spiro atoms. The second-order valence-corrected chi connectivity index (χ2v) is 9.87. The van der Waals surface area contributed by atoms with Crippen molar-refractivity contribution in [2.24, 2.45) is 40.4 Å². The zero-order valence-electron chi connectivity index (χ0n) is 16.0. The van der Waals surface area contributed by atoms with Gasteiger partial charge in [-0.2, -0.15) is 0 Å². The normalized spacial score (nSPS) is 53.1. The molecule has 3 aliphatic carbocycles. The van der Waals surface area contributed by atoms with Gasteiger partial charge in [0.15, 0.2) is 0 Å². The lowest BCUT2D eigenvalue weighted by atomic mass is 9.45. The molecule has 0 aromatic heterocycles. The maximum Gasteiger partial charge on any atom is 0.243 e. The highest BCUT2D eigenvalue weighted by Crippen LogP contribution is 2.66. The molecule has 1 aliphatic heterocycles. The molecule has 0 aromatic carbocycles. The number of hydrogen-bond acceptors (Lipinski definition) is 1. The summed E-state index contributed by atoms with van der Waals surface area (Å²) < 4.78 is 0. The molecule has 134 valence electrons. The summed E-state index contributed by atoms with van der Waals surface area (Å²) in [6, 6.07) is 0.350. The molecule has 4 rings (SSSR count). The van der Waals surface area contributed by atoms with Crippen LogP contribution in [0.5, 0.6) is 0 Å². The second kappa shape index (κ2) is 5.61. The Morgan fingerprint density at radius 2 is 2.00 bits per heavy atom. The van der Waals surface area contributed by atoms with E-state index in [1.165, 1.54) is 44.9 Å². The molecule has 1 amide bonds. The standard InChI is InChI=1S/C22H35NO/c1-5-6-15-7-8-16-20-14(2)13-18-22(4,12-10-19(24)23-18)17(20)9-11-21(15,16)3/h10,12,14-18,20H,5-9,11,13H2,1-4H3,(H,23,24)/t14?,15?,16-,17+,18?,20-,21+,22+/m0/s1. The van der Waals surface area contributed by atoms with Crippen LogP contribution >= 0.6 is 0 Å². The van der Waals surface area contributed by atoms with Crippen molar-refractivity contribution in [3.05, 3.63) is 12.2 Å². The number of fused-ring (bicyclic) bond motifs is 5. The Morgan fingerprint density at radius 3 is 2.75 bits per heavy atom. The van der Waals surface area contributed by atoms with E-state index in [2.05, 4.69) is 39.1 Å². The Bertz CT molecular complexity index is 554. The summed E-state index contributed by atoms with van der Waals surface area (Å²) in [5, 5.41) is 3.29. The molecule has 0 saturated heterocycles. The third-order valence-corrected chi connectivity index (χ3v) is 8.89. The van der Waals surface area contributed by atoms with Crippen molar-refractivity contribution >= 4 is 5.91 Å². The van der Waals surface area contributed by atoms with Gasteiger partial charge in [0.1, 0.15) is 0 Å². The van der Waals surface area contributed by atoms with E-state index in [1.807, 2.05) is 6.08 Å². The lowest BCUT2D eigenvalue weighted by molar-refractivity contribution is -0.125. The van der Waals surface area contributed by atoms with Crippen LogP contribution in [0.4, 0.5) is 0 Å². The third kappa shape index (κ3) is 2.17. The van der Waals surface area contributed by atoms with Crippen LogP contribution in [0, 0.1) is 40.4 Å². The number of rotatable bonds is 2. The smallest absolute Gasteiger partial charge is 0.243 e. The average Bonchev–Trinajstić information content (AvgIpc) is 2.87. The molecular weight excluding hydrogens is 294 g/mol. The minimum atomic E-state index is 0.118. The first-order valence-corrected chi connectivity index (χ1v) is 10.4. The van der Waals surface area contributed by atoms with Gasteiger partial charge in [-0.3, -0.25) is 4.79 Å². The fraction of sp³-hybridized carbons (Fsp3) is 0.864. The van der Waals surface area contributed by atoms with E-state index in [4.69, 9.17) is 0 Å². The number of carbonyl (C=O) groups excluding carboxylic acids is 1. The van der Waals surface area contributed by atoms with Crippen LogP contribution < -0.4 is 5.32 Å². The Labute approximate surface area is 147 Å². The lowest BCUT2D eigenvalue weighted by Gasteiger charge is -2.61. The fourth-order valence-corrected chi connectivity index (χ4v) is 7.62. The van der Waals surface area contributed by atoms with Crippen molar-refractivity contribution in [3.8, 4) is 0 Å². The first kappa shape index (κ1) is 16.7. The van der Waals surface area contributed by atoms with E-state index in [9.17, 15) is 4.79 Å². The molecule has 1 N–H and O–H groups in total. The topological polar surface area (TPSA) is 29.1 Å². The first-order chi connectivity index (χ1) is 11.4. The van der Waals surface area contributed by atoms with Crippen LogP contribution in [0.3, 0.4) is 0 Å². The van der Waals surface area contributed by atoms with Gasteiger partial charge in [-0.1, -0.05) is 46.6 Å². The summed E-state index contributed by atoms with van der Waals surface area (Å²) in [7, 11) is 0. The number of hydrogen-bond donors (Lipinski definition) is 1. The van der Waals surface area contributed by atoms with Crippen molar-refractivity contribution in [1.29, 1.82) is 0 Å². The molecule has 0 radical (unpaired) electrons. The van der Waals surface area contributed by atoms with Crippen molar-refractivity contribution in [3.63, 3.8) is 0 Å². The molecule has 3 fully saturated rings. The predicted octanol–water partition coefficient (Wildman–Crippen LogP) is 4.95. The predicted molar refractivity (Wildman–Crippen MR) is 98.4 cm³/mol. The molecule has 3 unspecified atom stereocenters. The van der Waals surface area contributed by atoms with Crippen molar-refractivity contribution in [1.82, 2.24) is 5.32 Å². The summed E-state index contributed by atoms with van der Waals surface area (Å²) >= 11 is 0. The van der Waals surface area contributed by atoms with E-state index < -0.39 is 0 Å². The highest BCUT2D eigenvalue weighted by atomic mass is 16.1. The first-order valence-electron chi connectivity index (χ1n) is 10.4. The zero-order chi connectivity index (χ0) is 17.1.